The van der Waals surface area contributed by atoms with Crippen molar-refractivity contribution in [2.45, 2.75) is 45.4 Å². The average Bonchev–Trinajstić information content (AvgIpc) is 3.34. The lowest BCUT2D eigenvalue weighted by Gasteiger charge is -2.35. The van der Waals surface area contributed by atoms with Crippen molar-refractivity contribution < 1.29 is 9.47 Å². The maximum absolute atomic E-state index is 6.91. The van der Waals surface area contributed by atoms with Crippen molar-refractivity contribution in [2.24, 2.45) is 0 Å². The Morgan fingerprint density at radius 3 is 1.80 bits per heavy atom. The molecule has 51 heavy (non-hydrogen) atoms. The first-order chi connectivity index (χ1) is 24.6. The maximum atomic E-state index is 6.91. The first-order valence-corrected chi connectivity index (χ1v) is 18.0. The fourth-order valence-electron chi connectivity index (χ4n) is 8.58. The van der Waals surface area contributed by atoms with Crippen molar-refractivity contribution in [1.29, 1.82) is 0 Å². The van der Waals surface area contributed by atoms with Gasteiger partial charge in [0.1, 0.15) is 23.0 Å². The zero-order valence-electron chi connectivity index (χ0n) is 29.6. The van der Waals surface area contributed by atoms with Gasteiger partial charge in [-0.15, -0.1) is 0 Å². The molecule has 0 saturated carbocycles. The highest BCUT2D eigenvalue weighted by molar-refractivity contribution is 6.98. The zero-order valence-corrected chi connectivity index (χ0v) is 29.6. The highest BCUT2D eigenvalue weighted by atomic mass is 16.5. The van der Waals surface area contributed by atoms with Gasteiger partial charge in [-0.25, -0.2) is 0 Å². The molecule has 0 N–H and O–H groups in total. The lowest BCUT2D eigenvalue weighted by Crippen LogP contribution is -2.57. The van der Waals surface area contributed by atoms with E-state index in [4.69, 9.17) is 9.47 Å². The van der Waals surface area contributed by atoms with Gasteiger partial charge in [0.25, 0.3) is 6.71 Å². The summed E-state index contributed by atoms with van der Waals surface area (Å²) in [6, 6.07) is 50.6. The number of rotatable bonds is 3. The van der Waals surface area contributed by atoms with Crippen LogP contribution in [0.4, 0.5) is 17.1 Å². The molecular formula is C47H38BNO2. The van der Waals surface area contributed by atoms with Crippen LogP contribution in [0, 0.1) is 0 Å². The molecule has 1 aliphatic carbocycles. The smallest absolute Gasteiger partial charge is 0.260 e. The standard InChI is InChI=1S/C47H38BNO2/c1-46(2,3)31-25-43-45-44(26-31)51-42-27-36-35-23-29-20-21-34(49(32-14-8-6-9-15-32)33-16-10-7-11-17-33)22-30(29)24-37(35)47(4,5)38(36)28-40(42)48(45)39-18-12-13-19-41(39)50-43/h6-28H,1-5H3. The molecule has 2 aliphatic heterocycles. The third-order valence-corrected chi connectivity index (χ3v) is 11.3. The van der Waals surface area contributed by atoms with Gasteiger partial charge in [0.15, 0.2) is 0 Å². The van der Waals surface area contributed by atoms with Gasteiger partial charge >= 0.3 is 0 Å². The minimum Gasteiger partial charge on any atom is -0.458 e. The highest BCUT2D eigenvalue weighted by Crippen LogP contribution is 2.52. The molecule has 7 aromatic carbocycles. The van der Waals surface area contributed by atoms with E-state index in [0.29, 0.717) is 0 Å². The van der Waals surface area contributed by atoms with Crippen LogP contribution in [0.3, 0.4) is 0 Å². The highest BCUT2D eigenvalue weighted by Gasteiger charge is 2.44. The van der Waals surface area contributed by atoms with Crippen LogP contribution in [0.2, 0.25) is 0 Å². The molecule has 0 saturated heterocycles. The Morgan fingerprint density at radius 2 is 1.12 bits per heavy atom. The van der Waals surface area contributed by atoms with Gasteiger partial charge in [0.2, 0.25) is 0 Å². The van der Waals surface area contributed by atoms with E-state index in [1.807, 2.05) is 0 Å². The van der Waals surface area contributed by atoms with E-state index >= 15 is 0 Å². The number of nitrogens with zero attached hydrogens (tertiary/aromatic N) is 1. The molecule has 7 aromatic rings. The summed E-state index contributed by atoms with van der Waals surface area (Å²) < 4.78 is 13.5. The molecule has 0 unspecified atom stereocenters. The van der Waals surface area contributed by atoms with E-state index in [2.05, 4.69) is 179 Å². The molecule has 0 bridgehead atoms. The van der Waals surface area contributed by atoms with Gasteiger partial charge in [0, 0.05) is 27.9 Å². The molecule has 0 spiro atoms. The van der Waals surface area contributed by atoms with Gasteiger partial charge in [-0.3, -0.25) is 0 Å². The van der Waals surface area contributed by atoms with Crippen LogP contribution < -0.4 is 30.8 Å². The first-order valence-electron chi connectivity index (χ1n) is 18.0. The topological polar surface area (TPSA) is 21.7 Å². The normalized spacial score (nSPS) is 14.4. The Balaban J connectivity index is 1.13. The molecule has 2 heterocycles. The Hall–Kier alpha value is -5.74. The van der Waals surface area contributed by atoms with E-state index in [-0.39, 0.29) is 17.5 Å². The Labute approximate surface area is 300 Å². The predicted molar refractivity (Wildman–Crippen MR) is 213 cm³/mol. The lowest BCUT2D eigenvalue weighted by molar-refractivity contribution is 0.458. The fourth-order valence-corrected chi connectivity index (χ4v) is 8.58. The summed E-state index contributed by atoms with van der Waals surface area (Å²) in [7, 11) is 0. The van der Waals surface area contributed by atoms with Crippen molar-refractivity contribution in [3.8, 4) is 34.1 Å². The SMILES string of the molecule is CC(C)(C)c1cc2c3c(c1)Oc1cc4c(cc1B3c1ccccc1O2)C(C)(C)c1cc2cc(N(c3ccccc3)c3ccccc3)ccc2cc1-4. The van der Waals surface area contributed by atoms with E-state index in [0.717, 1.165) is 45.5 Å². The third kappa shape index (κ3) is 4.52. The molecule has 0 radical (unpaired) electrons. The van der Waals surface area contributed by atoms with Gasteiger partial charge in [0.05, 0.1) is 0 Å². The maximum Gasteiger partial charge on any atom is 0.260 e. The van der Waals surface area contributed by atoms with E-state index < -0.39 is 0 Å². The largest absolute Gasteiger partial charge is 0.458 e. The summed E-state index contributed by atoms with van der Waals surface area (Å²) in [5, 5.41) is 2.46. The van der Waals surface area contributed by atoms with Crippen molar-refractivity contribution in [1.82, 2.24) is 0 Å². The van der Waals surface area contributed by atoms with E-state index in [1.54, 1.807) is 0 Å². The second-order valence-electron chi connectivity index (χ2n) is 15.8. The van der Waals surface area contributed by atoms with E-state index in [1.165, 1.54) is 49.5 Å². The molecular weight excluding hydrogens is 621 g/mol. The summed E-state index contributed by atoms with van der Waals surface area (Å²) in [4.78, 5) is 2.33. The predicted octanol–water partition coefficient (Wildman–Crippen LogP) is 10.6. The summed E-state index contributed by atoms with van der Waals surface area (Å²) >= 11 is 0. The Kier molecular flexibility index (Phi) is 6.28. The van der Waals surface area contributed by atoms with Crippen molar-refractivity contribution in [3.63, 3.8) is 0 Å². The van der Waals surface area contributed by atoms with Crippen LogP contribution in [0.25, 0.3) is 21.9 Å². The number of fused-ring (bicyclic) bond motifs is 8. The fraction of sp³-hybridized carbons (Fsp3) is 0.149. The molecule has 0 aromatic heterocycles. The lowest BCUT2D eigenvalue weighted by atomic mass is 9.34. The summed E-state index contributed by atoms with van der Waals surface area (Å²) in [5.41, 5.74) is 13.1. The number of hydrogen-bond acceptors (Lipinski definition) is 3. The molecule has 0 atom stereocenters. The molecule has 246 valence electrons. The third-order valence-electron chi connectivity index (χ3n) is 11.3. The minimum atomic E-state index is -0.202. The number of para-hydroxylation sites is 3. The molecule has 0 fully saturated rings. The molecule has 3 aliphatic rings. The van der Waals surface area contributed by atoms with Gasteiger partial charge in [-0.2, -0.15) is 0 Å². The summed E-state index contributed by atoms with van der Waals surface area (Å²) in [6.45, 7) is 11.5. The second-order valence-corrected chi connectivity index (χ2v) is 15.8. The van der Waals surface area contributed by atoms with Crippen molar-refractivity contribution in [2.75, 3.05) is 4.90 Å². The molecule has 0 amide bonds. The summed E-state index contributed by atoms with van der Waals surface area (Å²) in [5.74, 6) is 3.65. The van der Waals surface area contributed by atoms with Gasteiger partial charge in [-0.1, -0.05) is 101 Å². The van der Waals surface area contributed by atoms with Crippen LogP contribution in [0.1, 0.15) is 51.3 Å². The van der Waals surface area contributed by atoms with Crippen molar-refractivity contribution >= 4 is 50.9 Å². The average molecular weight is 660 g/mol. The number of anilines is 3. The van der Waals surface area contributed by atoms with Gasteiger partial charge < -0.3 is 14.4 Å². The quantitative estimate of drug-likeness (QED) is 0.176. The molecule has 10 rings (SSSR count). The van der Waals surface area contributed by atoms with E-state index in [9.17, 15) is 0 Å². The second kappa shape index (κ2) is 10.6. The van der Waals surface area contributed by atoms with Crippen molar-refractivity contribution in [3.05, 3.63) is 156 Å². The van der Waals surface area contributed by atoms with Crippen LogP contribution in [0.15, 0.2) is 140 Å². The Morgan fingerprint density at radius 1 is 0.510 bits per heavy atom. The number of ether oxygens (including phenoxy) is 2. The number of hydrogen-bond donors (Lipinski definition) is 0. The van der Waals surface area contributed by atoms with Crippen LogP contribution >= 0.6 is 0 Å². The first kappa shape index (κ1) is 30.1. The van der Waals surface area contributed by atoms with Crippen LogP contribution in [-0.4, -0.2) is 6.71 Å². The Bertz CT molecular complexity index is 2510. The zero-order chi connectivity index (χ0) is 34.6. The summed E-state index contributed by atoms with van der Waals surface area (Å²) in [6.07, 6.45) is 0. The van der Waals surface area contributed by atoms with Crippen LogP contribution in [0.5, 0.6) is 23.0 Å². The monoisotopic (exact) mass is 659 g/mol. The number of benzene rings is 7. The van der Waals surface area contributed by atoms with Gasteiger partial charge in [-0.05, 0) is 128 Å². The minimum absolute atomic E-state index is 0.0334. The van der Waals surface area contributed by atoms with Crippen LogP contribution in [-0.2, 0) is 10.8 Å². The molecule has 4 heteroatoms. The molecule has 3 nitrogen and oxygen atoms in total.